The molecule has 1 N–H and O–H groups in total. The number of rotatable bonds is 5. The molecule has 0 aliphatic carbocycles. The summed E-state index contributed by atoms with van der Waals surface area (Å²) < 4.78 is 47.9. The fourth-order valence-electron chi connectivity index (χ4n) is 3.36. The second kappa shape index (κ2) is 8.55. The smallest absolute Gasteiger partial charge is 0.435 e. The summed E-state index contributed by atoms with van der Waals surface area (Å²) in [5.74, 6) is 0.128. The fourth-order valence-corrected chi connectivity index (χ4v) is 3.49. The molecular weight excluding hydrogens is 443 g/mol. The molecule has 0 radical (unpaired) electrons. The summed E-state index contributed by atoms with van der Waals surface area (Å²) in [6.07, 6.45) is -1.88. The first kappa shape index (κ1) is 21.7. The quantitative estimate of drug-likeness (QED) is 0.391. The van der Waals surface area contributed by atoms with Gasteiger partial charge in [0.2, 0.25) is 0 Å². The Balaban J connectivity index is 1.72. The molecule has 0 aliphatic rings. The van der Waals surface area contributed by atoms with Crippen molar-refractivity contribution in [3.63, 3.8) is 0 Å². The zero-order chi connectivity index (χ0) is 22.9. The molecule has 164 valence electrons. The lowest BCUT2D eigenvalue weighted by Crippen LogP contribution is -2.08. The van der Waals surface area contributed by atoms with E-state index in [4.69, 9.17) is 16.3 Å². The topological polar surface area (TPSA) is 60.2 Å². The van der Waals surface area contributed by atoms with Gasteiger partial charge in [-0.1, -0.05) is 29.8 Å². The summed E-state index contributed by atoms with van der Waals surface area (Å²) in [4.78, 5) is 3.93. The SMILES string of the molecule is Cn1nc(C(F)(F)F)c(-c2cccnc2)c1-c1ccc(OCc2ccc(Cl)cc2)cc1O. The molecule has 0 unspecified atom stereocenters. The van der Waals surface area contributed by atoms with Crippen molar-refractivity contribution in [3.8, 4) is 33.9 Å². The second-order valence-corrected chi connectivity index (χ2v) is 7.47. The van der Waals surface area contributed by atoms with E-state index in [1.807, 2.05) is 12.1 Å². The lowest BCUT2D eigenvalue weighted by atomic mass is 9.99. The van der Waals surface area contributed by atoms with Gasteiger partial charge in [-0.05, 0) is 35.9 Å². The Morgan fingerprint density at radius 3 is 2.47 bits per heavy atom. The van der Waals surface area contributed by atoms with Gasteiger partial charge < -0.3 is 9.84 Å². The van der Waals surface area contributed by atoms with Gasteiger partial charge >= 0.3 is 6.18 Å². The second-order valence-electron chi connectivity index (χ2n) is 7.03. The Kier molecular flexibility index (Phi) is 5.80. The number of pyridine rings is 1. The van der Waals surface area contributed by atoms with Gasteiger partial charge in [0, 0.05) is 47.2 Å². The van der Waals surface area contributed by atoms with Crippen molar-refractivity contribution in [2.24, 2.45) is 7.05 Å². The van der Waals surface area contributed by atoms with Crippen LogP contribution in [0.3, 0.4) is 0 Å². The summed E-state index contributed by atoms with van der Waals surface area (Å²) in [5.41, 5.74) is 0.215. The zero-order valence-corrected chi connectivity index (χ0v) is 17.5. The molecule has 2 aromatic carbocycles. The molecule has 9 heteroatoms. The molecule has 0 bridgehead atoms. The van der Waals surface area contributed by atoms with Crippen LogP contribution >= 0.6 is 11.6 Å². The van der Waals surface area contributed by atoms with Crippen LogP contribution in [0, 0.1) is 0 Å². The third-order valence-electron chi connectivity index (χ3n) is 4.81. The van der Waals surface area contributed by atoms with Gasteiger partial charge in [0.25, 0.3) is 0 Å². The molecule has 0 saturated carbocycles. The van der Waals surface area contributed by atoms with E-state index in [0.29, 0.717) is 10.8 Å². The molecule has 4 aromatic rings. The summed E-state index contributed by atoms with van der Waals surface area (Å²) in [5, 5.41) is 14.9. The maximum Gasteiger partial charge on any atom is 0.435 e. The Morgan fingerprint density at radius 2 is 1.84 bits per heavy atom. The predicted octanol–water partition coefficient (Wildman–Crippen LogP) is 6.11. The molecule has 0 saturated heterocycles. The first-order valence-electron chi connectivity index (χ1n) is 9.49. The molecule has 0 spiro atoms. The Labute approximate surface area is 186 Å². The van der Waals surface area contributed by atoms with Crippen LogP contribution in [0.2, 0.25) is 5.02 Å². The number of benzene rings is 2. The van der Waals surface area contributed by atoms with E-state index >= 15 is 0 Å². The van der Waals surface area contributed by atoms with Crippen LogP contribution in [0.25, 0.3) is 22.4 Å². The summed E-state index contributed by atoms with van der Waals surface area (Å²) in [7, 11) is 1.40. The largest absolute Gasteiger partial charge is 0.507 e. The number of aromatic nitrogens is 3. The van der Waals surface area contributed by atoms with Crippen molar-refractivity contribution < 1.29 is 23.0 Å². The molecule has 2 aromatic heterocycles. The van der Waals surface area contributed by atoms with Crippen molar-refractivity contribution in [2.75, 3.05) is 0 Å². The molecule has 0 atom stereocenters. The maximum atomic E-state index is 13.7. The molecule has 0 fully saturated rings. The average Bonchev–Trinajstić information content (AvgIpc) is 3.11. The van der Waals surface area contributed by atoms with Gasteiger partial charge in [0.15, 0.2) is 5.69 Å². The van der Waals surface area contributed by atoms with Gasteiger partial charge in [0.1, 0.15) is 18.1 Å². The van der Waals surface area contributed by atoms with E-state index in [1.165, 1.54) is 37.6 Å². The number of nitrogens with zero attached hydrogens (tertiary/aromatic N) is 3. The van der Waals surface area contributed by atoms with Crippen molar-refractivity contribution in [3.05, 3.63) is 83.3 Å². The van der Waals surface area contributed by atoms with Crippen molar-refractivity contribution in [2.45, 2.75) is 12.8 Å². The van der Waals surface area contributed by atoms with Gasteiger partial charge in [-0.15, -0.1) is 0 Å². The average molecular weight is 460 g/mol. The van der Waals surface area contributed by atoms with Crippen molar-refractivity contribution in [1.29, 1.82) is 0 Å². The summed E-state index contributed by atoms with van der Waals surface area (Å²) in [6.45, 7) is 0.237. The number of alkyl halides is 3. The molecular formula is C23H17ClF3N3O2. The van der Waals surface area contributed by atoms with Gasteiger partial charge in [-0.3, -0.25) is 9.67 Å². The molecule has 0 amide bonds. The van der Waals surface area contributed by atoms with Crippen LogP contribution in [0.5, 0.6) is 11.5 Å². The highest BCUT2D eigenvalue weighted by atomic mass is 35.5. The number of phenols is 1. The van der Waals surface area contributed by atoms with Gasteiger partial charge in [0.05, 0.1) is 5.69 Å². The van der Waals surface area contributed by atoms with E-state index in [1.54, 1.807) is 24.3 Å². The number of aromatic hydroxyl groups is 1. The van der Waals surface area contributed by atoms with Gasteiger partial charge in [-0.25, -0.2) is 0 Å². The van der Waals surface area contributed by atoms with Gasteiger partial charge in [-0.2, -0.15) is 18.3 Å². The van der Waals surface area contributed by atoms with E-state index in [9.17, 15) is 18.3 Å². The summed E-state index contributed by atoms with van der Waals surface area (Å²) in [6, 6.07) is 14.6. The van der Waals surface area contributed by atoms with Crippen LogP contribution in [-0.2, 0) is 19.8 Å². The minimum Gasteiger partial charge on any atom is -0.507 e. The highest BCUT2D eigenvalue weighted by molar-refractivity contribution is 6.30. The minimum absolute atomic E-state index is 0.118. The molecule has 5 nitrogen and oxygen atoms in total. The minimum atomic E-state index is -4.68. The number of ether oxygens (including phenoxy) is 1. The Bertz CT molecular complexity index is 1240. The van der Waals surface area contributed by atoms with Crippen LogP contribution < -0.4 is 4.74 Å². The Morgan fingerprint density at radius 1 is 1.09 bits per heavy atom. The lowest BCUT2D eigenvalue weighted by Gasteiger charge is -2.12. The molecule has 2 heterocycles. The monoisotopic (exact) mass is 459 g/mol. The third-order valence-corrected chi connectivity index (χ3v) is 5.06. The molecule has 4 rings (SSSR count). The number of phenolic OH excluding ortho intramolecular Hbond substituents is 1. The lowest BCUT2D eigenvalue weighted by molar-refractivity contribution is -0.140. The third kappa shape index (κ3) is 4.40. The number of halogens is 4. The number of aryl methyl sites for hydroxylation is 1. The zero-order valence-electron chi connectivity index (χ0n) is 16.8. The van der Waals surface area contributed by atoms with E-state index in [-0.39, 0.29) is 34.7 Å². The van der Waals surface area contributed by atoms with E-state index in [2.05, 4.69) is 10.1 Å². The maximum absolute atomic E-state index is 13.7. The first-order chi connectivity index (χ1) is 15.2. The Hall–Kier alpha value is -3.52. The van der Waals surface area contributed by atoms with Crippen LogP contribution in [0.4, 0.5) is 13.2 Å². The number of hydrogen-bond donors (Lipinski definition) is 1. The van der Waals surface area contributed by atoms with Crippen molar-refractivity contribution >= 4 is 11.6 Å². The van der Waals surface area contributed by atoms with E-state index in [0.717, 1.165) is 10.2 Å². The van der Waals surface area contributed by atoms with Crippen LogP contribution in [0.15, 0.2) is 67.0 Å². The van der Waals surface area contributed by atoms with Crippen LogP contribution in [0.1, 0.15) is 11.3 Å². The predicted molar refractivity (Wildman–Crippen MR) is 114 cm³/mol. The fraction of sp³-hybridized carbons (Fsp3) is 0.130. The summed E-state index contributed by atoms with van der Waals surface area (Å²) >= 11 is 5.87. The number of hydrogen-bond acceptors (Lipinski definition) is 4. The highest BCUT2D eigenvalue weighted by Crippen LogP contribution is 2.44. The normalized spacial score (nSPS) is 11.5. The van der Waals surface area contributed by atoms with Crippen molar-refractivity contribution in [1.82, 2.24) is 14.8 Å². The standard InChI is InChI=1S/C23H17ClF3N3O2/c1-30-21(20(15-3-2-10-28-12-15)22(29-30)23(25,26)27)18-9-8-17(11-19(18)31)32-13-14-4-6-16(24)7-5-14/h2-12,31H,13H2,1H3. The first-order valence-corrected chi connectivity index (χ1v) is 9.87. The highest BCUT2D eigenvalue weighted by Gasteiger charge is 2.40. The molecule has 32 heavy (non-hydrogen) atoms. The van der Waals surface area contributed by atoms with Crippen LogP contribution in [-0.4, -0.2) is 19.9 Å². The van der Waals surface area contributed by atoms with E-state index < -0.39 is 11.9 Å². The molecule has 0 aliphatic heterocycles.